The zero-order valence-corrected chi connectivity index (χ0v) is 10.5. The van der Waals surface area contributed by atoms with E-state index in [4.69, 9.17) is 4.74 Å². The van der Waals surface area contributed by atoms with Crippen LogP contribution in [0.3, 0.4) is 0 Å². The van der Waals surface area contributed by atoms with Crippen LogP contribution in [-0.4, -0.2) is 26.3 Å². The van der Waals surface area contributed by atoms with Crippen molar-refractivity contribution in [3.63, 3.8) is 0 Å². The Balaban J connectivity index is 1.55. The van der Waals surface area contributed by atoms with Crippen LogP contribution in [0.4, 0.5) is 0 Å². The van der Waals surface area contributed by atoms with Gasteiger partial charge in [0.05, 0.1) is 0 Å². The number of rotatable bonds is 4. The van der Waals surface area contributed by atoms with E-state index in [1.807, 2.05) is 0 Å². The summed E-state index contributed by atoms with van der Waals surface area (Å²) < 4.78 is 5.38. The van der Waals surface area contributed by atoms with Crippen LogP contribution < -0.4 is 5.32 Å². The third-order valence-corrected chi connectivity index (χ3v) is 4.18. The molecule has 2 heteroatoms. The van der Waals surface area contributed by atoms with Crippen molar-refractivity contribution < 1.29 is 4.74 Å². The second-order valence-corrected chi connectivity index (χ2v) is 5.57. The molecule has 0 atom stereocenters. The Bertz CT molecular complexity index is 170. The van der Waals surface area contributed by atoms with Crippen molar-refractivity contribution in [2.75, 3.05) is 26.3 Å². The lowest BCUT2D eigenvalue weighted by Gasteiger charge is -2.23. The van der Waals surface area contributed by atoms with Gasteiger partial charge in [-0.2, -0.15) is 0 Å². The Morgan fingerprint density at radius 1 is 0.750 bits per heavy atom. The van der Waals surface area contributed by atoms with Gasteiger partial charge in [0.2, 0.25) is 0 Å². The second kappa shape index (κ2) is 7.29. The summed E-state index contributed by atoms with van der Waals surface area (Å²) in [6.45, 7) is 4.45. The van der Waals surface area contributed by atoms with Crippen molar-refractivity contribution in [3.8, 4) is 0 Å². The van der Waals surface area contributed by atoms with E-state index in [2.05, 4.69) is 5.32 Å². The first-order valence-corrected chi connectivity index (χ1v) is 7.23. The predicted molar refractivity (Wildman–Crippen MR) is 67.6 cm³/mol. The molecule has 16 heavy (non-hydrogen) atoms. The van der Waals surface area contributed by atoms with Gasteiger partial charge in [-0.1, -0.05) is 25.7 Å². The van der Waals surface area contributed by atoms with Gasteiger partial charge in [-0.25, -0.2) is 0 Å². The highest BCUT2D eigenvalue weighted by Gasteiger charge is 2.15. The van der Waals surface area contributed by atoms with E-state index in [0.717, 1.165) is 25.0 Å². The molecule has 2 rings (SSSR count). The van der Waals surface area contributed by atoms with Crippen molar-refractivity contribution in [2.45, 2.75) is 51.4 Å². The Labute approximate surface area is 100 Å². The molecule has 1 saturated heterocycles. The van der Waals surface area contributed by atoms with E-state index in [1.165, 1.54) is 64.5 Å². The van der Waals surface area contributed by atoms with Gasteiger partial charge in [0.1, 0.15) is 0 Å². The fourth-order valence-electron chi connectivity index (χ4n) is 3.01. The summed E-state index contributed by atoms with van der Waals surface area (Å²) in [4.78, 5) is 0. The lowest BCUT2D eigenvalue weighted by atomic mass is 9.98. The topological polar surface area (TPSA) is 21.3 Å². The molecule has 1 heterocycles. The SMILES string of the molecule is C1CCCC(CNCC2CCOCC2)CC1. The molecule has 0 bridgehead atoms. The largest absolute Gasteiger partial charge is 0.381 e. The van der Waals surface area contributed by atoms with Crippen LogP contribution in [0.5, 0.6) is 0 Å². The monoisotopic (exact) mass is 225 g/mol. The molecule has 2 aliphatic rings. The predicted octanol–water partition coefficient (Wildman–Crippen LogP) is 2.97. The third-order valence-electron chi connectivity index (χ3n) is 4.18. The van der Waals surface area contributed by atoms with Crippen molar-refractivity contribution >= 4 is 0 Å². The summed E-state index contributed by atoms with van der Waals surface area (Å²) in [5.41, 5.74) is 0. The molecule has 2 nitrogen and oxygen atoms in total. The fourth-order valence-corrected chi connectivity index (χ4v) is 3.01. The molecule has 1 aliphatic heterocycles. The molecule has 0 amide bonds. The molecular formula is C14H27NO. The summed E-state index contributed by atoms with van der Waals surface area (Å²) >= 11 is 0. The summed E-state index contributed by atoms with van der Waals surface area (Å²) in [6, 6.07) is 0. The average Bonchev–Trinajstić information content (AvgIpc) is 2.59. The summed E-state index contributed by atoms with van der Waals surface area (Å²) in [5, 5.41) is 3.70. The average molecular weight is 225 g/mol. The molecule has 0 aromatic rings. The van der Waals surface area contributed by atoms with E-state index in [0.29, 0.717) is 0 Å². The van der Waals surface area contributed by atoms with Gasteiger partial charge < -0.3 is 10.1 Å². The summed E-state index contributed by atoms with van der Waals surface area (Å²) in [7, 11) is 0. The Morgan fingerprint density at radius 2 is 1.31 bits per heavy atom. The molecule has 0 spiro atoms. The van der Waals surface area contributed by atoms with Crippen LogP contribution in [0.25, 0.3) is 0 Å². The normalized spacial score (nSPS) is 25.5. The number of hydrogen-bond donors (Lipinski definition) is 1. The quantitative estimate of drug-likeness (QED) is 0.743. The van der Waals surface area contributed by atoms with Crippen molar-refractivity contribution in [2.24, 2.45) is 11.8 Å². The van der Waals surface area contributed by atoms with Crippen LogP contribution >= 0.6 is 0 Å². The fraction of sp³-hybridized carbons (Fsp3) is 1.00. The molecule has 0 aromatic heterocycles. The Kier molecular flexibility index (Phi) is 5.64. The van der Waals surface area contributed by atoms with E-state index < -0.39 is 0 Å². The standard InChI is InChI=1S/C14H27NO/c1-2-4-6-13(5-3-1)11-15-12-14-7-9-16-10-8-14/h13-15H,1-12H2. The van der Waals surface area contributed by atoms with Crippen molar-refractivity contribution in [1.82, 2.24) is 5.32 Å². The minimum atomic E-state index is 0.875. The maximum Gasteiger partial charge on any atom is 0.0469 e. The van der Waals surface area contributed by atoms with E-state index >= 15 is 0 Å². The van der Waals surface area contributed by atoms with Crippen LogP contribution in [0.15, 0.2) is 0 Å². The van der Waals surface area contributed by atoms with Gasteiger partial charge in [-0.05, 0) is 50.6 Å². The smallest absolute Gasteiger partial charge is 0.0469 e. The molecule has 0 radical (unpaired) electrons. The van der Waals surface area contributed by atoms with Gasteiger partial charge in [0.15, 0.2) is 0 Å². The Morgan fingerprint density at radius 3 is 1.94 bits per heavy atom. The first-order valence-electron chi connectivity index (χ1n) is 7.23. The molecule has 0 aromatic carbocycles. The number of nitrogens with one attached hydrogen (secondary N) is 1. The van der Waals surface area contributed by atoms with E-state index in [1.54, 1.807) is 0 Å². The van der Waals surface area contributed by atoms with E-state index in [-0.39, 0.29) is 0 Å². The molecule has 1 N–H and O–H groups in total. The summed E-state index contributed by atoms with van der Waals surface area (Å²) in [6.07, 6.45) is 11.3. The molecule has 94 valence electrons. The third kappa shape index (κ3) is 4.42. The first-order chi connectivity index (χ1) is 7.95. The van der Waals surface area contributed by atoms with Gasteiger partial charge in [-0.15, -0.1) is 0 Å². The molecular weight excluding hydrogens is 198 g/mol. The lowest BCUT2D eigenvalue weighted by molar-refractivity contribution is 0.0660. The highest BCUT2D eigenvalue weighted by Crippen LogP contribution is 2.22. The molecule has 2 fully saturated rings. The Hall–Kier alpha value is -0.0800. The maximum atomic E-state index is 5.38. The van der Waals surface area contributed by atoms with Crippen LogP contribution in [-0.2, 0) is 4.74 Å². The molecule has 1 aliphatic carbocycles. The van der Waals surface area contributed by atoms with Crippen molar-refractivity contribution in [1.29, 1.82) is 0 Å². The highest BCUT2D eigenvalue weighted by atomic mass is 16.5. The number of hydrogen-bond acceptors (Lipinski definition) is 2. The van der Waals surface area contributed by atoms with Crippen LogP contribution in [0, 0.1) is 11.8 Å². The van der Waals surface area contributed by atoms with Crippen LogP contribution in [0.2, 0.25) is 0 Å². The minimum Gasteiger partial charge on any atom is -0.381 e. The highest BCUT2D eigenvalue weighted by molar-refractivity contribution is 4.70. The first kappa shape index (κ1) is 12.4. The van der Waals surface area contributed by atoms with Crippen LogP contribution in [0.1, 0.15) is 51.4 Å². The minimum absolute atomic E-state index is 0.875. The zero-order valence-electron chi connectivity index (χ0n) is 10.5. The van der Waals surface area contributed by atoms with Gasteiger partial charge in [0.25, 0.3) is 0 Å². The molecule has 1 saturated carbocycles. The lowest BCUT2D eigenvalue weighted by Crippen LogP contribution is -2.31. The van der Waals surface area contributed by atoms with E-state index in [9.17, 15) is 0 Å². The maximum absolute atomic E-state index is 5.38. The zero-order chi connectivity index (χ0) is 11.1. The summed E-state index contributed by atoms with van der Waals surface area (Å²) in [5.74, 6) is 1.84. The molecule has 0 unspecified atom stereocenters. The van der Waals surface area contributed by atoms with Crippen molar-refractivity contribution in [3.05, 3.63) is 0 Å². The van der Waals surface area contributed by atoms with Gasteiger partial charge >= 0.3 is 0 Å². The van der Waals surface area contributed by atoms with Gasteiger partial charge in [-0.3, -0.25) is 0 Å². The number of ether oxygens (including phenoxy) is 1. The second-order valence-electron chi connectivity index (χ2n) is 5.57. The van der Waals surface area contributed by atoms with Gasteiger partial charge in [0, 0.05) is 13.2 Å².